The first-order valence-corrected chi connectivity index (χ1v) is 11.3. The zero-order valence-corrected chi connectivity index (χ0v) is 21.0. The van der Waals surface area contributed by atoms with Gasteiger partial charge in [0, 0.05) is 5.56 Å². The number of halogens is 11. The highest BCUT2D eigenvalue weighted by Crippen LogP contribution is 2.41. The van der Waals surface area contributed by atoms with E-state index in [1.54, 1.807) is 5.32 Å². The molecule has 2 unspecified atom stereocenters. The summed E-state index contributed by atoms with van der Waals surface area (Å²) in [6.45, 7) is -0.863. The molecule has 0 saturated heterocycles. The third-order valence-electron chi connectivity index (χ3n) is 5.25. The predicted octanol–water partition coefficient (Wildman–Crippen LogP) is 6.82. The minimum absolute atomic E-state index is 0.0200. The number of carbonyl (C=O) groups excluding carboxylic acids is 2. The van der Waals surface area contributed by atoms with Crippen LogP contribution in [0.2, 0.25) is 5.02 Å². The highest BCUT2D eigenvalue weighted by molar-refractivity contribution is 6.32. The Morgan fingerprint density at radius 1 is 1.00 bits per heavy atom. The highest BCUT2D eigenvalue weighted by Gasteiger charge is 2.41. The van der Waals surface area contributed by atoms with Gasteiger partial charge in [0.2, 0.25) is 5.91 Å². The second kappa shape index (κ2) is 12.4. The third kappa shape index (κ3) is 8.76. The number of alkyl halides is 9. The van der Waals surface area contributed by atoms with Gasteiger partial charge in [0.05, 0.1) is 23.3 Å². The van der Waals surface area contributed by atoms with Crippen LogP contribution in [0.25, 0.3) is 5.83 Å². The van der Waals surface area contributed by atoms with Crippen LogP contribution in [0.1, 0.15) is 39.9 Å². The summed E-state index contributed by atoms with van der Waals surface area (Å²) >= 11 is 5.84. The predicted molar refractivity (Wildman–Crippen MR) is 123 cm³/mol. The normalized spacial score (nSPS) is 14.4. The van der Waals surface area contributed by atoms with Crippen LogP contribution in [0, 0.1) is 0 Å². The summed E-state index contributed by atoms with van der Waals surface area (Å²) in [7, 11) is 1.20. The maximum absolute atomic E-state index is 14.9. The average molecular weight is 609 g/mol. The Hall–Kier alpha value is -3.49. The lowest BCUT2D eigenvalue weighted by atomic mass is 9.95. The van der Waals surface area contributed by atoms with E-state index in [1.165, 1.54) is 12.4 Å². The first-order valence-electron chi connectivity index (χ1n) is 10.9. The van der Waals surface area contributed by atoms with E-state index in [0.717, 1.165) is 25.1 Å². The quantitative estimate of drug-likeness (QED) is 0.323. The largest absolute Gasteiger partial charge is 0.495 e. The van der Waals surface area contributed by atoms with Crippen LogP contribution in [0.5, 0.6) is 5.75 Å². The molecule has 2 aromatic carbocycles. The van der Waals surface area contributed by atoms with Crippen molar-refractivity contribution in [3.8, 4) is 5.75 Å². The van der Waals surface area contributed by atoms with Crippen molar-refractivity contribution in [3.63, 3.8) is 0 Å². The maximum atomic E-state index is 14.9. The van der Waals surface area contributed by atoms with Crippen molar-refractivity contribution in [1.29, 1.82) is 0 Å². The summed E-state index contributed by atoms with van der Waals surface area (Å²) in [5.41, 5.74) is -4.44. The van der Waals surface area contributed by atoms with Crippen molar-refractivity contribution in [2.24, 2.45) is 0 Å². The number of allylic oxidation sites excluding steroid dienone is 1. The minimum atomic E-state index is -5.32. The van der Waals surface area contributed by atoms with Gasteiger partial charge in [-0.1, -0.05) is 23.7 Å². The summed E-state index contributed by atoms with van der Waals surface area (Å²) in [5.74, 6) is -7.25. The lowest BCUT2D eigenvalue weighted by Crippen LogP contribution is -2.47. The zero-order valence-electron chi connectivity index (χ0n) is 20.3. The van der Waals surface area contributed by atoms with Crippen LogP contribution in [0.4, 0.5) is 43.9 Å². The molecule has 0 heterocycles. The van der Waals surface area contributed by atoms with Gasteiger partial charge in [-0.3, -0.25) is 9.59 Å². The lowest BCUT2D eigenvalue weighted by molar-refractivity contribution is -0.140. The number of rotatable bonds is 8. The Morgan fingerprint density at radius 3 is 2.12 bits per heavy atom. The van der Waals surface area contributed by atoms with Gasteiger partial charge in [-0.15, -0.1) is 0 Å². The molecule has 220 valence electrons. The molecule has 2 N–H and O–H groups in total. The summed E-state index contributed by atoms with van der Waals surface area (Å²) in [6, 6.07) is 2.30. The molecule has 0 saturated carbocycles. The first kappa shape index (κ1) is 32.7. The zero-order chi connectivity index (χ0) is 30.6. The summed E-state index contributed by atoms with van der Waals surface area (Å²) in [5, 5.41) is 2.98. The number of hydrogen-bond donors (Lipinski definition) is 2. The van der Waals surface area contributed by atoms with Crippen LogP contribution < -0.4 is 15.4 Å². The third-order valence-corrected chi connectivity index (χ3v) is 5.55. The summed E-state index contributed by atoms with van der Waals surface area (Å²) in [4.78, 5) is 24.1. The van der Waals surface area contributed by atoms with Crippen molar-refractivity contribution in [3.05, 3.63) is 69.8 Å². The Kier molecular flexibility index (Phi) is 10.1. The van der Waals surface area contributed by atoms with Gasteiger partial charge in [0.25, 0.3) is 5.91 Å². The first-order chi connectivity index (χ1) is 18.2. The van der Waals surface area contributed by atoms with Gasteiger partial charge in [-0.05, 0) is 42.8 Å². The van der Waals surface area contributed by atoms with E-state index in [2.05, 4.69) is 0 Å². The monoisotopic (exact) mass is 608 g/mol. The molecule has 40 heavy (non-hydrogen) atoms. The summed E-state index contributed by atoms with van der Waals surface area (Å²) in [6.07, 6.45) is -15.2. The molecule has 0 spiro atoms. The standard InChI is InChI=1S/C24H19ClF10N2O3/c1-11(20(38)36-10-22(27,28)29)37-21(39)14-5-3-13(7-16(14)24(33,34)35)18(26)9-15(23(30,31)32)12-4-6-19(40-2)17(25)8-12/h3-9,11,15H,10H2,1-2H3,(H,36,38)(H,37,39)/b18-9-. The number of ether oxygens (including phenoxy) is 1. The molecule has 16 heteroatoms. The Labute approximate surface area is 225 Å². The highest BCUT2D eigenvalue weighted by atomic mass is 35.5. The molecule has 0 bridgehead atoms. The minimum Gasteiger partial charge on any atom is -0.495 e. The van der Waals surface area contributed by atoms with Crippen LogP contribution in [-0.2, 0) is 11.0 Å². The number of carbonyl (C=O) groups is 2. The fourth-order valence-electron chi connectivity index (χ4n) is 3.30. The van der Waals surface area contributed by atoms with E-state index >= 15 is 0 Å². The van der Waals surface area contributed by atoms with E-state index in [1.807, 2.05) is 0 Å². The Bertz CT molecular complexity index is 1270. The van der Waals surface area contributed by atoms with Crippen LogP contribution in [0.3, 0.4) is 0 Å². The van der Waals surface area contributed by atoms with Gasteiger partial charge >= 0.3 is 18.5 Å². The van der Waals surface area contributed by atoms with Gasteiger partial charge in [-0.2, -0.15) is 39.5 Å². The number of amides is 2. The SMILES string of the molecule is COc1ccc(C(/C=C(\F)c2ccc(C(=O)NC(C)C(=O)NCC(F)(F)F)c(C(F)(F)F)c2)C(F)(F)F)cc1Cl. The average Bonchev–Trinajstić information content (AvgIpc) is 2.83. The van der Waals surface area contributed by atoms with Crippen molar-refractivity contribution in [1.82, 2.24) is 10.6 Å². The molecule has 0 radical (unpaired) electrons. The van der Waals surface area contributed by atoms with Crippen molar-refractivity contribution in [2.45, 2.75) is 37.4 Å². The molecule has 2 rings (SSSR count). The molecule has 0 aliphatic carbocycles. The molecular formula is C24H19ClF10N2O3. The molecule has 0 fully saturated rings. The van der Waals surface area contributed by atoms with E-state index in [4.69, 9.17) is 16.3 Å². The van der Waals surface area contributed by atoms with E-state index < -0.39 is 76.9 Å². The molecule has 2 aromatic rings. The second-order valence-corrected chi connectivity index (χ2v) is 8.62. The topological polar surface area (TPSA) is 67.4 Å². The molecule has 0 aliphatic rings. The maximum Gasteiger partial charge on any atom is 0.417 e. The van der Waals surface area contributed by atoms with E-state index in [9.17, 15) is 53.5 Å². The smallest absolute Gasteiger partial charge is 0.417 e. The fraction of sp³-hybridized carbons (Fsp3) is 0.333. The van der Waals surface area contributed by atoms with Crippen LogP contribution >= 0.6 is 11.6 Å². The van der Waals surface area contributed by atoms with Crippen molar-refractivity contribution >= 4 is 29.2 Å². The Morgan fingerprint density at radius 2 is 1.62 bits per heavy atom. The van der Waals surface area contributed by atoms with Crippen LogP contribution in [-0.4, -0.2) is 43.9 Å². The van der Waals surface area contributed by atoms with E-state index in [0.29, 0.717) is 12.1 Å². The van der Waals surface area contributed by atoms with Crippen LogP contribution in [0.15, 0.2) is 42.5 Å². The van der Waals surface area contributed by atoms with Gasteiger partial charge in [0.1, 0.15) is 30.1 Å². The number of hydrogen-bond acceptors (Lipinski definition) is 3. The second-order valence-electron chi connectivity index (χ2n) is 8.21. The van der Waals surface area contributed by atoms with Gasteiger partial charge in [0.15, 0.2) is 0 Å². The van der Waals surface area contributed by atoms with Crippen molar-refractivity contribution < 1.29 is 58.2 Å². The number of benzene rings is 2. The van der Waals surface area contributed by atoms with Crippen molar-refractivity contribution in [2.75, 3.05) is 13.7 Å². The lowest BCUT2D eigenvalue weighted by Gasteiger charge is -2.19. The fourth-order valence-corrected chi connectivity index (χ4v) is 3.57. The van der Waals surface area contributed by atoms with Gasteiger partial charge < -0.3 is 15.4 Å². The number of nitrogens with one attached hydrogen (secondary N) is 2. The summed E-state index contributed by atoms with van der Waals surface area (Å²) < 4.78 is 139. The molecule has 2 amide bonds. The molecule has 0 aliphatic heterocycles. The number of methoxy groups -OCH3 is 1. The Balaban J connectivity index is 2.43. The van der Waals surface area contributed by atoms with E-state index in [-0.39, 0.29) is 22.9 Å². The molecule has 2 atom stereocenters. The molecule has 0 aromatic heterocycles. The van der Waals surface area contributed by atoms with Gasteiger partial charge in [-0.25, -0.2) is 4.39 Å². The molecule has 5 nitrogen and oxygen atoms in total. The molecular weight excluding hydrogens is 590 g/mol.